The molecular formula is C59H106O6. The van der Waals surface area contributed by atoms with Crippen LogP contribution in [0.25, 0.3) is 0 Å². The number of carbonyl (C=O) groups excluding carboxylic acids is 3. The Morgan fingerprint density at radius 1 is 0.308 bits per heavy atom. The minimum absolute atomic E-state index is 0.0928. The smallest absolute Gasteiger partial charge is 0.306 e. The van der Waals surface area contributed by atoms with Crippen molar-refractivity contribution >= 4 is 17.9 Å². The molecule has 0 amide bonds. The first-order valence-electron chi connectivity index (χ1n) is 28.1. The molecule has 1 atom stereocenters. The second-order valence-corrected chi connectivity index (χ2v) is 18.8. The van der Waals surface area contributed by atoms with E-state index in [1.165, 1.54) is 180 Å². The molecule has 0 unspecified atom stereocenters. The van der Waals surface area contributed by atoms with E-state index >= 15 is 0 Å². The Labute approximate surface area is 403 Å². The molecule has 0 aliphatic heterocycles. The molecule has 0 aliphatic carbocycles. The summed E-state index contributed by atoms with van der Waals surface area (Å²) < 4.78 is 16.8. The van der Waals surface area contributed by atoms with Crippen LogP contribution < -0.4 is 0 Å². The molecule has 0 aromatic carbocycles. The lowest BCUT2D eigenvalue weighted by Crippen LogP contribution is -2.30. The van der Waals surface area contributed by atoms with Crippen LogP contribution in [0.5, 0.6) is 0 Å². The van der Waals surface area contributed by atoms with Crippen molar-refractivity contribution in [1.82, 2.24) is 0 Å². The van der Waals surface area contributed by atoms with E-state index in [4.69, 9.17) is 14.2 Å². The molecule has 0 radical (unpaired) electrons. The van der Waals surface area contributed by atoms with E-state index in [0.29, 0.717) is 19.3 Å². The number of hydrogen-bond donors (Lipinski definition) is 0. The highest BCUT2D eigenvalue weighted by Crippen LogP contribution is 2.15. The first-order valence-corrected chi connectivity index (χ1v) is 28.1. The third-order valence-corrected chi connectivity index (χ3v) is 12.3. The number of carbonyl (C=O) groups is 3. The number of hydrogen-bond acceptors (Lipinski definition) is 6. The van der Waals surface area contributed by atoms with Crippen molar-refractivity contribution in [1.29, 1.82) is 0 Å². The van der Waals surface area contributed by atoms with Gasteiger partial charge in [-0.2, -0.15) is 0 Å². The lowest BCUT2D eigenvalue weighted by atomic mass is 10.0. The zero-order chi connectivity index (χ0) is 47.2. The molecule has 0 saturated carbocycles. The number of rotatable bonds is 51. The van der Waals surface area contributed by atoms with E-state index in [-0.39, 0.29) is 37.5 Å². The molecule has 0 aliphatic rings. The average molecular weight is 911 g/mol. The third kappa shape index (κ3) is 52.2. The largest absolute Gasteiger partial charge is 0.462 e. The van der Waals surface area contributed by atoms with Gasteiger partial charge in [-0.25, -0.2) is 0 Å². The van der Waals surface area contributed by atoms with E-state index in [1.54, 1.807) is 0 Å². The van der Waals surface area contributed by atoms with Gasteiger partial charge in [0.1, 0.15) is 13.2 Å². The fourth-order valence-electron chi connectivity index (χ4n) is 8.04. The number of allylic oxidation sites excluding steroid dienone is 8. The van der Waals surface area contributed by atoms with E-state index in [2.05, 4.69) is 69.4 Å². The lowest BCUT2D eigenvalue weighted by molar-refractivity contribution is -0.167. The third-order valence-electron chi connectivity index (χ3n) is 12.3. The highest BCUT2D eigenvalue weighted by molar-refractivity contribution is 5.71. The van der Waals surface area contributed by atoms with Crippen molar-refractivity contribution in [2.24, 2.45) is 0 Å². The molecule has 0 rings (SSSR count). The van der Waals surface area contributed by atoms with Crippen LogP contribution in [0.15, 0.2) is 48.6 Å². The van der Waals surface area contributed by atoms with Gasteiger partial charge in [0.25, 0.3) is 0 Å². The summed E-state index contributed by atoms with van der Waals surface area (Å²) in [4.78, 5) is 38.1. The molecule has 0 spiro atoms. The van der Waals surface area contributed by atoms with Crippen LogP contribution in [0.3, 0.4) is 0 Å². The molecule has 65 heavy (non-hydrogen) atoms. The quantitative estimate of drug-likeness (QED) is 0.0262. The Balaban J connectivity index is 4.44. The van der Waals surface area contributed by atoms with E-state index in [9.17, 15) is 14.4 Å². The lowest BCUT2D eigenvalue weighted by Gasteiger charge is -2.18. The molecule has 0 bridgehead atoms. The van der Waals surface area contributed by atoms with E-state index in [1.807, 2.05) is 0 Å². The van der Waals surface area contributed by atoms with Gasteiger partial charge in [-0.3, -0.25) is 14.4 Å². The summed E-state index contributed by atoms with van der Waals surface area (Å²) in [5.41, 5.74) is 0. The predicted molar refractivity (Wildman–Crippen MR) is 279 cm³/mol. The van der Waals surface area contributed by atoms with Gasteiger partial charge in [0.15, 0.2) is 6.10 Å². The van der Waals surface area contributed by atoms with Gasteiger partial charge in [0.05, 0.1) is 0 Å². The first-order chi connectivity index (χ1) is 32.0. The summed E-state index contributed by atoms with van der Waals surface area (Å²) >= 11 is 0. The fraction of sp³-hybridized carbons (Fsp3) is 0.814. The minimum Gasteiger partial charge on any atom is -0.462 e. The molecular weight excluding hydrogens is 805 g/mol. The Kier molecular flexibility index (Phi) is 51.8. The van der Waals surface area contributed by atoms with Gasteiger partial charge in [-0.1, -0.05) is 243 Å². The van der Waals surface area contributed by atoms with Gasteiger partial charge in [0.2, 0.25) is 0 Å². The highest BCUT2D eigenvalue weighted by Gasteiger charge is 2.19. The topological polar surface area (TPSA) is 78.9 Å². The summed E-state index contributed by atoms with van der Waals surface area (Å²) in [5, 5.41) is 0. The first kappa shape index (κ1) is 62.4. The molecule has 0 saturated heterocycles. The SMILES string of the molecule is CCCCCCCC/C=C\C/C=C\C/C=C\CCCC(=O)O[C@H](COC(=O)CCCCCCC/C=C\CCCCCCCC)COC(=O)CCCCCCCCCCCCCCCCC. The normalized spacial score (nSPS) is 12.4. The Morgan fingerprint density at radius 2 is 0.569 bits per heavy atom. The van der Waals surface area contributed by atoms with Crippen LogP contribution in [-0.4, -0.2) is 37.2 Å². The maximum Gasteiger partial charge on any atom is 0.306 e. The summed E-state index contributed by atoms with van der Waals surface area (Å²) in [5.74, 6) is -0.942. The van der Waals surface area contributed by atoms with Crippen LogP contribution >= 0.6 is 0 Å². The van der Waals surface area contributed by atoms with Crippen molar-refractivity contribution in [3.8, 4) is 0 Å². The molecule has 0 aromatic rings. The summed E-state index contributed by atoms with van der Waals surface area (Å²) in [6.07, 6.45) is 65.3. The minimum atomic E-state index is -0.800. The standard InChI is InChI=1S/C59H106O6/c1-4-7-10-13-16-19-22-25-28-29-32-35-38-41-44-47-50-53-59(62)65-56(54-63-57(60)51-48-45-42-39-36-33-30-26-23-20-17-14-11-8-5-2)55-64-58(61)52-49-46-43-40-37-34-31-27-24-21-18-15-12-9-6-3/h25-26,28,30,32,35,41,44,56H,4-24,27,29,31,33-34,36-40,42-43,45-55H2,1-3H3/b28-25-,30-26-,35-32-,44-41-/t56-/m1/s1. The molecule has 0 heterocycles. The van der Waals surface area contributed by atoms with Crippen LogP contribution in [0.4, 0.5) is 0 Å². The molecule has 6 heteroatoms. The maximum absolute atomic E-state index is 12.8. The number of ether oxygens (including phenoxy) is 3. The van der Waals surface area contributed by atoms with Crippen molar-refractivity contribution in [3.63, 3.8) is 0 Å². The van der Waals surface area contributed by atoms with Gasteiger partial charge >= 0.3 is 17.9 Å². The highest BCUT2D eigenvalue weighted by atomic mass is 16.6. The molecule has 6 nitrogen and oxygen atoms in total. The predicted octanol–water partition coefficient (Wildman–Crippen LogP) is 18.7. The van der Waals surface area contributed by atoms with Gasteiger partial charge in [-0.15, -0.1) is 0 Å². The zero-order valence-corrected chi connectivity index (χ0v) is 43.3. The van der Waals surface area contributed by atoms with E-state index in [0.717, 1.165) is 64.2 Å². The maximum atomic E-state index is 12.8. The number of esters is 3. The molecule has 378 valence electrons. The Hall–Kier alpha value is -2.63. The van der Waals surface area contributed by atoms with Crippen molar-refractivity contribution in [2.45, 2.75) is 297 Å². The molecule has 0 fully saturated rings. The van der Waals surface area contributed by atoms with Crippen molar-refractivity contribution < 1.29 is 28.6 Å². The Bertz CT molecular complexity index is 1140. The molecule has 0 N–H and O–H groups in total. The van der Waals surface area contributed by atoms with E-state index < -0.39 is 6.10 Å². The second kappa shape index (κ2) is 54.0. The van der Waals surface area contributed by atoms with Crippen LogP contribution in [-0.2, 0) is 28.6 Å². The van der Waals surface area contributed by atoms with Crippen LogP contribution in [0.2, 0.25) is 0 Å². The summed E-state index contributed by atoms with van der Waals surface area (Å²) in [7, 11) is 0. The second-order valence-electron chi connectivity index (χ2n) is 18.8. The monoisotopic (exact) mass is 911 g/mol. The zero-order valence-electron chi connectivity index (χ0n) is 43.3. The summed E-state index contributed by atoms with van der Waals surface area (Å²) in [6.45, 7) is 6.61. The van der Waals surface area contributed by atoms with Gasteiger partial charge < -0.3 is 14.2 Å². The van der Waals surface area contributed by atoms with Gasteiger partial charge in [0, 0.05) is 19.3 Å². The van der Waals surface area contributed by atoms with Crippen LogP contribution in [0.1, 0.15) is 290 Å². The molecule has 0 aromatic heterocycles. The average Bonchev–Trinajstić information content (AvgIpc) is 3.30. The van der Waals surface area contributed by atoms with Crippen molar-refractivity contribution in [3.05, 3.63) is 48.6 Å². The van der Waals surface area contributed by atoms with Gasteiger partial charge in [-0.05, 0) is 77.0 Å². The fourth-order valence-corrected chi connectivity index (χ4v) is 8.04. The summed E-state index contributed by atoms with van der Waals surface area (Å²) in [6, 6.07) is 0. The number of unbranched alkanes of at least 4 members (excludes halogenated alkanes) is 32. The van der Waals surface area contributed by atoms with Crippen molar-refractivity contribution in [2.75, 3.05) is 13.2 Å². The Morgan fingerprint density at radius 3 is 0.923 bits per heavy atom. The van der Waals surface area contributed by atoms with Crippen LogP contribution in [0, 0.1) is 0 Å².